The van der Waals surface area contributed by atoms with Crippen molar-refractivity contribution in [1.82, 2.24) is 9.80 Å². The van der Waals surface area contributed by atoms with Crippen LogP contribution in [0.25, 0.3) is 6.08 Å². The lowest BCUT2D eigenvalue weighted by Gasteiger charge is -2.33. The van der Waals surface area contributed by atoms with E-state index < -0.39 is 0 Å². The van der Waals surface area contributed by atoms with E-state index in [0.717, 1.165) is 30.9 Å². The number of nitrogens with zero attached hydrogens (tertiary/aromatic N) is 2. The van der Waals surface area contributed by atoms with E-state index in [4.69, 9.17) is 0 Å². The molecular weight excluding hydrogens is 340 g/mol. The van der Waals surface area contributed by atoms with Crippen molar-refractivity contribution >= 4 is 23.3 Å². The number of hydrogen-bond acceptors (Lipinski definition) is 3. The molecule has 4 heteroatoms. The van der Waals surface area contributed by atoms with Gasteiger partial charge in [0.2, 0.25) is 5.91 Å². The highest BCUT2D eigenvalue weighted by atomic mass is 32.1. The van der Waals surface area contributed by atoms with E-state index in [-0.39, 0.29) is 5.91 Å². The van der Waals surface area contributed by atoms with Crippen molar-refractivity contribution in [2.24, 2.45) is 5.92 Å². The highest BCUT2D eigenvalue weighted by Crippen LogP contribution is 2.18. The van der Waals surface area contributed by atoms with E-state index in [2.05, 4.69) is 36.2 Å². The predicted octanol–water partition coefficient (Wildman–Crippen LogP) is 4.17. The Hall–Kier alpha value is -1.91. The summed E-state index contributed by atoms with van der Waals surface area (Å²) in [7, 11) is 2.18. The topological polar surface area (TPSA) is 23.6 Å². The molecule has 1 aliphatic rings. The summed E-state index contributed by atoms with van der Waals surface area (Å²) in [4.78, 5) is 18.4. The third-order valence-corrected chi connectivity index (χ3v) is 5.80. The Morgan fingerprint density at radius 2 is 2.12 bits per heavy atom. The lowest BCUT2D eigenvalue weighted by atomic mass is 9.97. The van der Waals surface area contributed by atoms with Gasteiger partial charge in [0.1, 0.15) is 0 Å². The Labute approximate surface area is 160 Å². The fraction of sp³-hybridized carbons (Fsp3) is 0.409. The van der Waals surface area contributed by atoms with Crippen molar-refractivity contribution in [1.29, 1.82) is 0 Å². The highest BCUT2D eigenvalue weighted by Gasteiger charge is 2.22. The van der Waals surface area contributed by atoms with E-state index in [9.17, 15) is 4.79 Å². The minimum atomic E-state index is 0.127. The molecule has 0 radical (unpaired) electrons. The van der Waals surface area contributed by atoms with Crippen LogP contribution in [0.5, 0.6) is 0 Å². The minimum Gasteiger partial charge on any atom is -0.339 e. The molecule has 1 fully saturated rings. The van der Waals surface area contributed by atoms with Crippen LogP contribution in [0.2, 0.25) is 0 Å². The largest absolute Gasteiger partial charge is 0.339 e. The molecule has 1 aromatic carbocycles. The van der Waals surface area contributed by atoms with Gasteiger partial charge in [0.25, 0.3) is 0 Å². The summed E-state index contributed by atoms with van der Waals surface area (Å²) < 4.78 is 0. The number of carbonyl (C=O) groups is 1. The van der Waals surface area contributed by atoms with Gasteiger partial charge in [0.15, 0.2) is 0 Å². The first-order valence-electron chi connectivity index (χ1n) is 9.43. The Morgan fingerprint density at radius 3 is 2.85 bits per heavy atom. The lowest BCUT2D eigenvalue weighted by molar-refractivity contribution is -0.126. The van der Waals surface area contributed by atoms with Crippen molar-refractivity contribution in [2.75, 3.05) is 33.2 Å². The molecule has 0 unspecified atom stereocenters. The fourth-order valence-electron chi connectivity index (χ4n) is 3.58. The first-order chi connectivity index (χ1) is 12.7. The van der Waals surface area contributed by atoms with E-state index in [1.54, 1.807) is 17.4 Å². The second kappa shape index (κ2) is 9.70. The molecule has 0 N–H and O–H groups in total. The molecule has 1 atom stereocenters. The number of piperidine rings is 1. The van der Waals surface area contributed by atoms with Crippen LogP contribution in [-0.2, 0) is 11.2 Å². The zero-order valence-electron chi connectivity index (χ0n) is 15.5. The summed E-state index contributed by atoms with van der Waals surface area (Å²) in [5, 5.41) is 2.04. The molecule has 26 heavy (non-hydrogen) atoms. The first-order valence-corrected chi connectivity index (χ1v) is 10.3. The number of benzene rings is 1. The van der Waals surface area contributed by atoms with Crippen molar-refractivity contribution in [3.63, 3.8) is 0 Å². The maximum absolute atomic E-state index is 12.8. The lowest BCUT2D eigenvalue weighted by Crippen LogP contribution is -2.42. The van der Waals surface area contributed by atoms with Gasteiger partial charge in [-0.1, -0.05) is 36.4 Å². The molecule has 3 rings (SSSR count). The molecule has 1 aromatic heterocycles. The fourth-order valence-corrected chi connectivity index (χ4v) is 4.20. The molecule has 0 saturated carbocycles. The molecule has 2 aromatic rings. The molecule has 1 amide bonds. The Balaban J connectivity index is 1.64. The third-order valence-electron chi connectivity index (χ3n) is 4.96. The molecule has 138 valence electrons. The van der Waals surface area contributed by atoms with Crippen LogP contribution in [0.1, 0.15) is 23.3 Å². The highest BCUT2D eigenvalue weighted by molar-refractivity contribution is 7.10. The zero-order valence-corrected chi connectivity index (χ0v) is 16.3. The summed E-state index contributed by atoms with van der Waals surface area (Å²) in [5.41, 5.74) is 1.29. The monoisotopic (exact) mass is 368 g/mol. The van der Waals surface area contributed by atoms with Crippen LogP contribution in [0.15, 0.2) is 53.9 Å². The van der Waals surface area contributed by atoms with Gasteiger partial charge in [-0.15, -0.1) is 11.3 Å². The second-order valence-corrected chi connectivity index (χ2v) is 8.12. The van der Waals surface area contributed by atoms with Crippen LogP contribution in [-0.4, -0.2) is 48.9 Å². The molecule has 3 nitrogen and oxygen atoms in total. The molecule has 0 bridgehead atoms. The number of rotatable bonds is 7. The van der Waals surface area contributed by atoms with Gasteiger partial charge >= 0.3 is 0 Å². The van der Waals surface area contributed by atoms with Gasteiger partial charge in [-0.05, 0) is 61.9 Å². The number of thiophene rings is 1. The van der Waals surface area contributed by atoms with Gasteiger partial charge in [0, 0.05) is 30.6 Å². The van der Waals surface area contributed by atoms with Crippen LogP contribution >= 0.6 is 11.3 Å². The Kier molecular flexibility index (Phi) is 7.04. The van der Waals surface area contributed by atoms with Crippen molar-refractivity contribution in [3.8, 4) is 0 Å². The molecule has 1 aliphatic heterocycles. The summed E-state index contributed by atoms with van der Waals surface area (Å²) in [6.07, 6.45) is 7.03. The summed E-state index contributed by atoms with van der Waals surface area (Å²) in [6.45, 7) is 3.89. The summed E-state index contributed by atoms with van der Waals surface area (Å²) in [6, 6.07) is 14.5. The van der Waals surface area contributed by atoms with E-state index in [1.807, 2.05) is 34.6 Å². The summed E-state index contributed by atoms with van der Waals surface area (Å²) in [5.74, 6) is 0.700. The normalized spacial score (nSPS) is 18.3. The molecule has 2 heterocycles. The Morgan fingerprint density at radius 1 is 1.27 bits per heavy atom. The second-order valence-electron chi connectivity index (χ2n) is 7.14. The number of carbonyl (C=O) groups excluding carboxylic acids is 1. The van der Waals surface area contributed by atoms with Gasteiger partial charge in [-0.2, -0.15) is 0 Å². The molecule has 0 spiro atoms. The van der Waals surface area contributed by atoms with E-state index >= 15 is 0 Å². The van der Waals surface area contributed by atoms with Gasteiger partial charge in [-0.3, -0.25) is 4.79 Å². The van der Waals surface area contributed by atoms with Crippen LogP contribution in [0, 0.1) is 5.92 Å². The molecule has 0 aliphatic carbocycles. The van der Waals surface area contributed by atoms with Crippen molar-refractivity contribution in [3.05, 3.63) is 64.4 Å². The van der Waals surface area contributed by atoms with Crippen LogP contribution in [0.3, 0.4) is 0 Å². The number of hydrogen-bond donors (Lipinski definition) is 0. The average Bonchev–Trinajstić information content (AvgIpc) is 3.17. The number of likely N-dealkylation sites (tertiary alicyclic amines) is 1. The molecule has 1 saturated heterocycles. The average molecular weight is 369 g/mol. The van der Waals surface area contributed by atoms with Crippen molar-refractivity contribution in [2.45, 2.75) is 19.3 Å². The van der Waals surface area contributed by atoms with Crippen LogP contribution < -0.4 is 0 Å². The van der Waals surface area contributed by atoms with Crippen molar-refractivity contribution < 1.29 is 4.79 Å². The van der Waals surface area contributed by atoms with Gasteiger partial charge < -0.3 is 9.80 Å². The SMILES string of the molecule is CN1CCC[C@H](CN(CCc2ccccc2)C(=O)/C=C/c2cccs2)C1. The minimum absolute atomic E-state index is 0.127. The molecular formula is C22H28N2OS. The van der Waals surface area contributed by atoms with E-state index in [1.165, 1.54) is 24.9 Å². The quantitative estimate of drug-likeness (QED) is 0.685. The predicted molar refractivity (Wildman–Crippen MR) is 110 cm³/mol. The number of amides is 1. The van der Waals surface area contributed by atoms with Crippen LogP contribution in [0.4, 0.5) is 0 Å². The third kappa shape index (κ3) is 5.82. The Bertz CT molecular complexity index is 696. The maximum atomic E-state index is 12.8. The maximum Gasteiger partial charge on any atom is 0.246 e. The summed E-state index contributed by atoms with van der Waals surface area (Å²) >= 11 is 1.66. The van der Waals surface area contributed by atoms with Gasteiger partial charge in [0.05, 0.1) is 0 Å². The first kappa shape index (κ1) is 18.9. The van der Waals surface area contributed by atoms with E-state index in [0.29, 0.717) is 5.92 Å². The zero-order chi connectivity index (χ0) is 18.2. The smallest absolute Gasteiger partial charge is 0.246 e. The standard InChI is InChI=1S/C22H28N2OS/c1-23-14-5-9-20(17-23)18-24(15-13-19-7-3-2-4-8-19)22(25)12-11-21-10-6-16-26-21/h2-4,6-8,10-12,16,20H,5,9,13-15,17-18H2,1H3/b12-11+/t20-/m0/s1. The van der Waals surface area contributed by atoms with Gasteiger partial charge in [-0.25, -0.2) is 0 Å².